The molecule has 0 fully saturated rings. The maximum absolute atomic E-state index is 14.0. The highest BCUT2D eigenvalue weighted by Crippen LogP contribution is 2.42. The predicted octanol–water partition coefficient (Wildman–Crippen LogP) is 5.53. The molecule has 3 aromatic rings. The fraction of sp³-hybridized carbons (Fsp3) is 0.360. The average Bonchev–Trinajstić information content (AvgIpc) is 3.19. The quantitative estimate of drug-likeness (QED) is 0.485. The topological polar surface area (TPSA) is 35.9 Å². The van der Waals surface area contributed by atoms with E-state index in [2.05, 4.69) is 4.90 Å². The highest BCUT2D eigenvalue weighted by Gasteiger charge is 2.38. The Labute approximate surface area is 191 Å². The van der Waals surface area contributed by atoms with Crippen molar-refractivity contribution in [3.63, 3.8) is 0 Å². The van der Waals surface area contributed by atoms with E-state index in [1.165, 1.54) is 6.07 Å². The van der Waals surface area contributed by atoms with Crippen LogP contribution in [-0.2, 0) is 19.3 Å². The van der Waals surface area contributed by atoms with Crippen LogP contribution < -0.4 is 14.2 Å². The van der Waals surface area contributed by atoms with Gasteiger partial charge >= 0.3 is 6.18 Å². The zero-order chi connectivity index (χ0) is 23.6. The second-order valence-electron chi connectivity index (χ2n) is 7.95. The Kier molecular flexibility index (Phi) is 6.56. The molecular weight excluding hydrogens is 433 g/mol. The summed E-state index contributed by atoms with van der Waals surface area (Å²) in [6.07, 6.45) is -1.73. The zero-order valence-corrected chi connectivity index (χ0v) is 18.9. The van der Waals surface area contributed by atoms with Gasteiger partial charge in [-0.2, -0.15) is 13.2 Å². The first-order valence-corrected chi connectivity index (χ1v) is 10.7. The van der Waals surface area contributed by atoms with Gasteiger partial charge in [-0.1, -0.05) is 18.2 Å². The van der Waals surface area contributed by atoms with Crippen LogP contribution in [0.1, 0.15) is 34.8 Å². The van der Waals surface area contributed by atoms with E-state index in [1.54, 1.807) is 45.6 Å². The maximum atomic E-state index is 14.0. The normalized spacial score (nSPS) is 16.7. The van der Waals surface area contributed by atoms with E-state index < -0.39 is 17.8 Å². The average molecular weight is 460 g/mol. The Balaban J connectivity index is 1.85. The largest absolute Gasteiger partial charge is 0.496 e. The monoisotopic (exact) mass is 460 g/mol. The van der Waals surface area contributed by atoms with Gasteiger partial charge in [-0.3, -0.25) is 4.90 Å². The lowest BCUT2D eigenvalue weighted by molar-refractivity contribution is -0.138. The van der Waals surface area contributed by atoms with Crippen molar-refractivity contribution in [2.24, 2.45) is 0 Å². The van der Waals surface area contributed by atoms with Crippen molar-refractivity contribution in [2.75, 3.05) is 27.9 Å². The summed E-state index contributed by atoms with van der Waals surface area (Å²) in [5, 5.41) is 0. The lowest BCUT2D eigenvalue weighted by atomic mass is 9.95. The van der Waals surface area contributed by atoms with Crippen molar-refractivity contribution >= 4 is 0 Å². The molecule has 4 rings (SSSR count). The summed E-state index contributed by atoms with van der Waals surface area (Å²) in [6, 6.07) is 12.5. The number of rotatable bonds is 6. The molecule has 1 aromatic heterocycles. The van der Waals surface area contributed by atoms with Gasteiger partial charge in [0.2, 0.25) is 0 Å². The minimum atomic E-state index is -4.46. The van der Waals surface area contributed by atoms with Crippen LogP contribution in [0.15, 0.2) is 54.7 Å². The third-order valence-corrected chi connectivity index (χ3v) is 6.09. The number of benzene rings is 2. The fourth-order valence-electron chi connectivity index (χ4n) is 4.60. The SMILES string of the molecule is COc1cc(OC)c(CN2CCCn3cccc3C2c2ccccc2C(F)(F)F)c(OC)c1. The summed E-state index contributed by atoms with van der Waals surface area (Å²) in [4.78, 5) is 2.07. The molecule has 8 heteroatoms. The number of fused-ring (bicyclic) bond motifs is 1. The van der Waals surface area contributed by atoms with E-state index in [-0.39, 0.29) is 5.56 Å². The third-order valence-electron chi connectivity index (χ3n) is 6.09. The minimum Gasteiger partial charge on any atom is -0.496 e. The summed E-state index contributed by atoms with van der Waals surface area (Å²) >= 11 is 0. The maximum Gasteiger partial charge on any atom is 0.416 e. The molecule has 0 N–H and O–H groups in total. The van der Waals surface area contributed by atoms with Gasteiger partial charge in [-0.25, -0.2) is 0 Å². The summed E-state index contributed by atoms with van der Waals surface area (Å²) in [6.45, 7) is 1.69. The molecule has 0 bridgehead atoms. The Morgan fingerprint density at radius 2 is 1.61 bits per heavy atom. The van der Waals surface area contributed by atoms with Gasteiger partial charge in [0.05, 0.1) is 38.5 Å². The Bertz CT molecular complexity index is 1090. The molecule has 5 nitrogen and oxygen atoms in total. The molecule has 33 heavy (non-hydrogen) atoms. The van der Waals surface area contributed by atoms with Crippen molar-refractivity contribution in [1.82, 2.24) is 9.47 Å². The van der Waals surface area contributed by atoms with Crippen LogP contribution in [0, 0.1) is 0 Å². The molecule has 1 aliphatic rings. The van der Waals surface area contributed by atoms with Crippen molar-refractivity contribution < 1.29 is 27.4 Å². The van der Waals surface area contributed by atoms with Crippen molar-refractivity contribution in [3.05, 3.63) is 77.1 Å². The summed E-state index contributed by atoms with van der Waals surface area (Å²) in [5.74, 6) is 1.71. The number of hydrogen-bond acceptors (Lipinski definition) is 4. The standard InChI is InChI=1S/C25H27F3N2O3/c1-31-17-14-22(32-2)19(23(15-17)33-3)16-30-13-7-12-29-11-6-10-21(29)24(30)18-8-4-5-9-20(18)25(26,27)28/h4-6,8-11,14-15,24H,7,12-13,16H2,1-3H3. The van der Waals surface area contributed by atoms with Crippen LogP contribution in [-0.4, -0.2) is 37.3 Å². The molecular formula is C25H27F3N2O3. The van der Waals surface area contributed by atoms with Crippen LogP contribution in [0.2, 0.25) is 0 Å². The molecule has 2 aromatic carbocycles. The zero-order valence-electron chi connectivity index (χ0n) is 18.9. The molecule has 0 saturated heterocycles. The number of aryl methyl sites for hydroxylation is 1. The molecule has 0 saturated carbocycles. The van der Waals surface area contributed by atoms with Crippen LogP contribution in [0.5, 0.6) is 17.2 Å². The van der Waals surface area contributed by atoms with Gasteiger partial charge < -0.3 is 18.8 Å². The van der Waals surface area contributed by atoms with Crippen LogP contribution in [0.4, 0.5) is 13.2 Å². The number of aromatic nitrogens is 1. The Hall–Kier alpha value is -3.13. The lowest BCUT2D eigenvalue weighted by Crippen LogP contribution is -2.31. The first-order valence-electron chi connectivity index (χ1n) is 10.7. The number of alkyl halides is 3. The Morgan fingerprint density at radius 3 is 2.24 bits per heavy atom. The number of methoxy groups -OCH3 is 3. The lowest BCUT2D eigenvalue weighted by Gasteiger charge is -2.33. The van der Waals surface area contributed by atoms with E-state index in [0.29, 0.717) is 30.3 Å². The van der Waals surface area contributed by atoms with Gasteiger partial charge in [0.1, 0.15) is 17.2 Å². The molecule has 2 heterocycles. The highest BCUT2D eigenvalue weighted by atomic mass is 19.4. The third kappa shape index (κ3) is 4.53. The van der Waals surface area contributed by atoms with E-state index in [1.807, 2.05) is 22.9 Å². The van der Waals surface area contributed by atoms with Crippen LogP contribution in [0.25, 0.3) is 0 Å². The molecule has 176 valence electrons. The Morgan fingerprint density at radius 1 is 0.909 bits per heavy atom. The predicted molar refractivity (Wildman–Crippen MR) is 119 cm³/mol. The van der Waals surface area contributed by atoms with Crippen LogP contribution in [0.3, 0.4) is 0 Å². The summed E-state index contributed by atoms with van der Waals surface area (Å²) in [7, 11) is 4.67. The number of halogens is 3. The van der Waals surface area contributed by atoms with Gasteiger partial charge in [0.25, 0.3) is 0 Å². The summed E-state index contributed by atoms with van der Waals surface area (Å²) in [5.41, 5.74) is 1.20. The molecule has 0 aliphatic carbocycles. The van der Waals surface area contributed by atoms with Gasteiger partial charge in [0, 0.05) is 43.7 Å². The molecule has 1 aliphatic heterocycles. The van der Waals surface area contributed by atoms with E-state index in [4.69, 9.17) is 14.2 Å². The molecule has 0 spiro atoms. The second kappa shape index (κ2) is 9.39. The van der Waals surface area contributed by atoms with Crippen molar-refractivity contribution in [3.8, 4) is 17.2 Å². The first-order chi connectivity index (χ1) is 15.9. The van der Waals surface area contributed by atoms with Crippen molar-refractivity contribution in [1.29, 1.82) is 0 Å². The number of ether oxygens (including phenoxy) is 3. The van der Waals surface area contributed by atoms with E-state index >= 15 is 0 Å². The van der Waals surface area contributed by atoms with E-state index in [0.717, 1.165) is 30.3 Å². The molecule has 0 radical (unpaired) electrons. The smallest absolute Gasteiger partial charge is 0.416 e. The molecule has 1 unspecified atom stereocenters. The molecule has 0 amide bonds. The van der Waals surface area contributed by atoms with Gasteiger partial charge in [0.15, 0.2) is 0 Å². The van der Waals surface area contributed by atoms with Crippen molar-refractivity contribution in [2.45, 2.75) is 31.7 Å². The van der Waals surface area contributed by atoms with E-state index in [9.17, 15) is 13.2 Å². The number of hydrogen-bond donors (Lipinski definition) is 0. The second-order valence-corrected chi connectivity index (χ2v) is 7.95. The van der Waals surface area contributed by atoms with Crippen LogP contribution >= 0.6 is 0 Å². The van der Waals surface area contributed by atoms with Gasteiger partial charge in [-0.05, 0) is 30.2 Å². The van der Waals surface area contributed by atoms with Gasteiger partial charge in [-0.15, -0.1) is 0 Å². The minimum absolute atomic E-state index is 0.235. The first kappa shape index (κ1) is 23.0. The highest BCUT2D eigenvalue weighted by molar-refractivity contribution is 5.51. The summed E-state index contributed by atoms with van der Waals surface area (Å²) < 4.78 is 60.6. The molecule has 1 atom stereocenters. The number of nitrogens with zero attached hydrogens (tertiary/aromatic N) is 2. The fourth-order valence-corrected chi connectivity index (χ4v) is 4.60.